The maximum Gasteiger partial charge on any atom is 0.180 e. The molecule has 19 heavy (non-hydrogen) atoms. The van der Waals surface area contributed by atoms with Crippen molar-refractivity contribution < 1.29 is 9.13 Å². The minimum atomic E-state index is -0.513. The van der Waals surface area contributed by atoms with E-state index in [0.29, 0.717) is 25.0 Å². The highest BCUT2D eigenvalue weighted by atomic mass is 79.9. The predicted octanol–water partition coefficient (Wildman–Crippen LogP) is 3.21. The normalized spacial score (nSPS) is 22.2. The molecule has 5 heteroatoms. The van der Waals surface area contributed by atoms with Crippen LogP contribution in [0.2, 0.25) is 0 Å². The summed E-state index contributed by atoms with van der Waals surface area (Å²) in [6, 6.07) is 4.98. The molecule has 2 N–H and O–H groups in total. The average Bonchev–Trinajstić information content (AvgIpc) is 2.88. The summed E-state index contributed by atoms with van der Waals surface area (Å²) in [7, 11) is 0. The molecule has 0 heterocycles. The fraction of sp³-hybridized carbons (Fsp3) is 0.500. The van der Waals surface area contributed by atoms with Gasteiger partial charge in [0.25, 0.3) is 0 Å². The van der Waals surface area contributed by atoms with Crippen molar-refractivity contribution in [3.05, 3.63) is 28.0 Å². The Bertz CT molecular complexity index is 501. The Morgan fingerprint density at radius 3 is 2.84 bits per heavy atom. The van der Waals surface area contributed by atoms with Gasteiger partial charge in [-0.2, -0.15) is 5.26 Å². The Labute approximate surface area is 120 Å². The van der Waals surface area contributed by atoms with E-state index in [9.17, 15) is 4.39 Å². The first-order valence-corrected chi connectivity index (χ1v) is 7.17. The van der Waals surface area contributed by atoms with Crippen molar-refractivity contribution in [2.24, 2.45) is 17.6 Å². The van der Waals surface area contributed by atoms with Crippen molar-refractivity contribution in [2.45, 2.75) is 19.3 Å². The van der Waals surface area contributed by atoms with Crippen LogP contribution in [0.5, 0.6) is 5.75 Å². The summed E-state index contributed by atoms with van der Waals surface area (Å²) in [5.41, 5.74) is 5.98. The third-order valence-corrected chi connectivity index (χ3v) is 4.51. The summed E-state index contributed by atoms with van der Waals surface area (Å²) in [4.78, 5) is 0. The molecule has 1 aromatic rings. The summed E-state index contributed by atoms with van der Waals surface area (Å²) in [6.07, 6.45) is 3.38. The fourth-order valence-corrected chi connectivity index (χ4v) is 2.99. The molecule has 2 rings (SSSR count). The van der Waals surface area contributed by atoms with Gasteiger partial charge in [0, 0.05) is 0 Å². The fourth-order valence-electron chi connectivity index (χ4n) is 2.57. The molecule has 1 aromatic carbocycles. The van der Waals surface area contributed by atoms with Crippen molar-refractivity contribution in [1.82, 2.24) is 0 Å². The average molecular weight is 327 g/mol. The molecule has 0 aromatic heterocycles. The first-order chi connectivity index (χ1) is 9.17. The first kappa shape index (κ1) is 14.3. The van der Waals surface area contributed by atoms with Crippen LogP contribution >= 0.6 is 15.9 Å². The summed E-state index contributed by atoms with van der Waals surface area (Å²) in [5, 5.41) is 8.80. The molecule has 0 aliphatic heterocycles. The maximum absolute atomic E-state index is 14.0. The van der Waals surface area contributed by atoms with E-state index in [1.165, 1.54) is 6.07 Å². The number of benzene rings is 1. The van der Waals surface area contributed by atoms with E-state index < -0.39 is 5.82 Å². The molecule has 0 bridgehead atoms. The van der Waals surface area contributed by atoms with Gasteiger partial charge in [0.15, 0.2) is 11.6 Å². The number of nitrogens with zero attached hydrogens (tertiary/aromatic N) is 1. The molecular weight excluding hydrogens is 311 g/mol. The largest absolute Gasteiger partial charge is 0.490 e. The molecule has 1 aliphatic carbocycles. The standard InChI is InChI=1S/C14H16BrFN2O/c15-13-10(7-18)4-5-12(14(13)16)19-8-11-3-1-2-9(11)6-17/h4-5,9,11H,1-3,6,8,17H2. The van der Waals surface area contributed by atoms with Crippen molar-refractivity contribution in [1.29, 1.82) is 5.26 Å². The zero-order chi connectivity index (χ0) is 13.8. The molecule has 102 valence electrons. The number of halogens is 2. The molecule has 0 amide bonds. The summed E-state index contributed by atoms with van der Waals surface area (Å²) in [5.74, 6) is 0.554. The number of nitrogens with two attached hydrogens (primary N) is 1. The Morgan fingerprint density at radius 1 is 1.42 bits per heavy atom. The van der Waals surface area contributed by atoms with E-state index in [1.54, 1.807) is 6.07 Å². The smallest absolute Gasteiger partial charge is 0.180 e. The van der Waals surface area contributed by atoms with Crippen LogP contribution in [0.25, 0.3) is 0 Å². The molecule has 1 fully saturated rings. The minimum absolute atomic E-state index is 0.161. The van der Waals surface area contributed by atoms with Crippen molar-refractivity contribution in [3.63, 3.8) is 0 Å². The summed E-state index contributed by atoms with van der Waals surface area (Å²) < 4.78 is 19.7. The van der Waals surface area contributed by atoms with Crippen LogP contribution in [0.1, 0.15) is 24.8 Å². The monoisotopic (exact) mass is 326 g/mol. The van der Waals surface area contributed by atoms with E-state index in [4.69, 9.17) is 15.7 Å². The lowest BCUT2D eigenvalue weighted by atomic mass is 9.97. The third kappa shape index (κ3) is 3.07. The SMILES string of the molecule is N#Cc1ccc(OCC2CCCC2CN)c(F)c1Br. The van der Waals surface area contributed by atoms with E-state index >= 15 is 0 Å². The Kier molecular flexibility index (Phi) is 4.78. The van der Waals surface area contributed by atoms with Gasteiger partial charge in [-0.25, -0.2) is 4.39 Å². The Morgan fingerprint density at radius 2 is 2.16 bits per heavy atom. The van der Waals surface area contributed by atoms with Gasteiger partial charge in [0.1, 0.15) is 6.07 Å². The number of hydrogen-bond donors (Lipinski definition) is 1. The minimum Gasteiger partial charge on any atom is -0.490 e. The van der Waals surface area contributed by atoms with Crippen LogP contribution in [0.4, 0.5) is 4.39 Å². The highest BCUT2D eigenvalue weighted by molar-refractivity contribution is 9.10. The molecule has 2 unspecified atom stereocenters. The second kappa shape index (κ2) is 6.36. The van der Waals surface area contributed by atoms with Gasteiger partial charge in [-0.1, -0.05) is 6.42 Å². The van der Waals surface area contributed by atoms with Crippen LogP contribution in [0.15, 0.2) is 16.6 Å². The van der Waals surface area contributed by atoms with Gasteiger partial charge in [0.05, 0.1) is 16.6 Å². The van der Waals surface area contributed by atoms with Gasteiger partial charge >= 0.3 is 0 Å². The van der Waals surface area contributed by atoms with Crippen LogP contribution in [0, 0.1) is 29.0 Å². The Hall–Kier alpha value is -1.12. The maximum atomic E-state index is 14.0. The predicted molar refractivity (Wildman–Crippen MR) is 74.2 cm³/mol. The zero-order valence-electron chi connectivity index (χ0n) is 10.5. The first-order valence-electron chi connectivity index (χ1n) is 6.38. The van der Waals surface area contributed by atoms with Gasteiger partial charge in [-0.05, 0) is 59.3 Å². The lowest BCUT2D eigenvalue weighted by Crippen LogP contribution is -2.23. The zero-order valence-corrected chi connectivity index (χ0v) is 12.1. The molecule has 1 aliphatic rings. The van der Waals surface area contributed by atoms with E-state index in [2.05, 4.69) is 15.9 Å². The summed E-state index contributed by atoms with van der Waals surface area (Å²) >= 11 is 3.07. The van der Waals surface area contributed by atoms with Crippen LogP contribution < -0.4 is 10.5 Å². The van der Waals surface area contributed by atoms with E-state index in [-0.39, 0.29) is 15.8 Å². The highest BCUT2D eigenvalue weighted by Crippen LogP contribution is 2.33. The van der Waals surface area contributed by atoms with Gasteiger partial charge in [-0.3, -0.25) is 0 Å². The lowest BCUT2D eigenvalue weighted by Gasteiger charge is -2.18. The van der Waals surface area contributed by atoms with Gasteiger partial charge in [-0.15, -0.1) is 0 Å². The summed E-state index contributed by atoms with van der Waals surface area (Å²) in [6.45, 7) is 1.14. The quantitative estimate of drug-likeness (QED) is 0.924. The number of nitriles is 1. The molecule has 1 saturated carbocycles. The number of rotatable bonds is 4. The number of hydrogen-bond acceptors (Lipinski definition) is 3. The second-order valence-corrected chi connectivity index (χ2v) is 5.64. The molecule has 0 spiro atoms. The molecular formula is C14H16BrFN2O. The van der Waals surface area contributed by atoms with Crippen LogP contribution in [0.3, 0.4) is 0 Å². The van der Waals surface area contributed by atoms with Crippen LogP contribution in [-0.2, 0) is 0 Å². The Balaban J connectivity index is 2.04. The van der Waals surface area contributed by atoms with E-state index in [0.717, 1.165) is 19.3 Å². The number of ether oxygens (including phenoxy) is 1. The second-order valence-electron chi connectivity index (χ2n) is 4.85. The third-order valence-electron chi connectivity index (χ3n) is 3.74. The molecule has 3 nitrogen and oxygen atoms in total. The van der Waals surface area contributed by atoms with Gasteiger partial charge in [0.2, 0.25) is 0 Å². The van der Waals surface area contributed by atoms with Crippen LogP contribution in [-0.4, -0.2) is 13.2 Å². The lowest BCUT2D eigenvalue weighted by molar-refractivity contribution is 0.209. The van der Waals surface area contributed by atoms with Crippen molar-refractivity contribution in [3.8, 4) is 11.8 Å². The highest BCUT2D eigenvalue weighted by Gasteiger charge is 2.27. The molecule has 2 atom stereocenters. The van der Waals surface area contributed by atoms with E-state index in [1.807, 2.05) is 6.07 Å². The van der Waals surface area contributed by atoms with Crippen molar-refractivity contribution in [2.75, 3.05) is 13.2 Å². The topological polar surface area (TPSA) is 59.0 Å². The molecule has 0 saturated heterocycles. The van der Waals surface area contributed by atoms with Crippen molar-refractivity contribution >= 4 is 15.9 Å². The van der Waals surface area contributed by atoms with Gasteiger partial charge < -0.3 is 10.5 Å². The molecule has 0 radical (unpaired) electrons.